The first-order valence-electron chi connectivity index (χ1n) is 4.97. The van der Waals surface area contributed by atoms with E-state index in [9.17, 15) is 0 Å². The molecule has 0 atom stereocenters. The Morgan fingerprint density at radius 2 is 1.60 bits per heavy atom. The first kappa shape index (κ1) is 15.7. The molecular weight excluding hydrogens is 264 g/mol. The van der Waals surface area contributed by atoms with Crippen LogP contribution in [0.2, 0.25) is 0 Å². The van der Waals surface area contributed by atoms with E-state index in [1.807, 2.05) is 27.7 Å². The maximum absolute atomic E-state index is 5.84. The smallest absolute Gasteiger partial charge is 0.381 e. The molecule has 1 aliphatic heterocycles. The fourth-order valence-corrected chi connectivity index (χ4v) is 1.31. The van der Waals surface area contributed by atoms with Crippen LogP contribution in [0.25, 0.3) is 0 Å². The molecule has 0 saturated carbocycles. The normalized spacial score (nSPS) is 23.8. The molecule has 0 amide bonds. The van der Waals surface area contributed by atoms with Crippen LogP contribution in [0.1, 0.15) is 34.1 Å². The molecule has 0 spiro atoms. The van der Waals surface area contributed by atoms with E-state index in [-0.39, 0.29) is 51.0 Å². The van der Waals surface area contributed by atoms with Gasteiger partial charge in [0.1, 0.15) is 0 Å². The van der Waals surface area contributed by atoms with Crippen molar-refractivity contribution in [3.05, 3.63) is 25.4 Å². The number of allylic oxidation sites excluding steroid dienone is 2. The molecule has 1 radical (unpaired) electrons. The van der Waals surface area contributed by atoms with Crippen LogP contribution in [-0.2, 0) is 42.0 Å². The Balaban J connectivity index is 0.00000196. The minimum absolute atomic E-state index is 0. The topological polar surface area (TPSA) is 18.5 Å². The molecule has 4 heteroatoms. The van der Waals surface area contributed by atoms with Gasteiger partial charge in [-0.3, -0.25) is 0 Å². The van der Waals surface area contributed by atoms with Crippen LogP contribution in [-0.4, -0.2) is 18.3 Å². The monoisotopic (exact) mass is 283 g/mol. The van der Waals surface area contributed by atoms with Crippen LogP contribution in [0.4, 0.5) is 0 Å². The van der Waals surface area contributed by atoms with Crippen molar-refractivity contribution < 1.29 is 42.0 Å². The van der Waals surface area contributed by atoms with Gasteiger partial charge in [-0.05, 0) is 27.7 Å². The molecule has 15 heavy (non-hydrogen) atoms. The molecule has 1 aliphatic rings. The fraction of sp³-hybridized carbons (Fsp3) is 0.636. The van der Waals surface area contributed by atoms with Crippen molar-refractivity contribution in [2.45, 2.75) is 45.3 Å². The average molecular weight is 283 g/mol. The molecule has 0 N–H and O–H groups in total. The second-order valence-electron chi connectivity index (χ2n) is 4.62. The third-order valence-electron chi connectivity index (χ3n) is 3.11. The maximum Gasteiger partial charge on any atom is 0.381 e. The zero-order valence-electron chi connectivity index (χ0n) is 10.2. The Hall–Kier alpha value is 0.699. The van der Waals surface area contributed by atoms with E-state index >= 15 is 0 Å². The van der Waals surface area contributed by atoms with E-state index in [1.54, 1.807) is 6.08 Å². The SMILES string of the molecule is [CH2-]/C=C(\C[CH2-])B1OC(C)(C)C(C)(C)O1.[Y]. The first-order valence-corrected chi connectivity index (χ1v) is 4.97. The summed E-state index contributed by atoms with van der Waals surface area (Å²) in [6.45, 7) is 15.7. The summed E-state index contributed by atoms with van der Waals surface area (Å²) >= 11 is 0. The Morgan fingerprint density at radius 1 is 1.20 bits per heavy atom. The summed E-state index contributed by atoms with van der Waals surface area (Å²) in [5.41, 5.74) is 0.450. The average Bonchev–Trinajstić information content (AvgIpc) is 2.23. The van der Waals surface area contributed by atoms with E-state index in [0.717, 1.165) is 5.47 Å². The molecular formula is C11H19BO2Y-2. The third-order valence-corrected chi connectivity index (χ3v) is 3.11. The van der Waals surface area contributed by atoms with Gasteiger partial charge >= 0.3 is 7.12 Å². The van der Waals surface area contributed by atoms with Crippen LogP contribution in [0.3, 0.4) is 0 Å². The first-order chi connectivity index (χ1) is 6.34. The Labute approximate surface area is 119 Å². The van der Waals surface area contributed by atoms with Crippen molar-refractivity contribution in [3.8, 4) is 0 Å². The van der Waals surface area contributed by atoms with Gasteiger partial charge < -0.3 is 16.2 Å². The standard InChI is InChI=1S/C11H19BO2.Y/c1-7-9(8-2)12-13-10(3,4)11(5,6)14-12;/h7H,1-2,8H2,3-6H3;/q-2;/b9-7+;. The third kappa shape index (κ3) is 3.09. The minimum Gasteiger partial charge on any atom is -0.414 e. The second kappa shape index (κ2) is 5.35. The summed E-state index contributed by atoms with van der Waals surface area (Å²) < 4.78 is 11.7. The number of hydrogen-bond acceptors (Lipinski definition) is 2. The predicted molar refractivity (Wildman–Crippen MR) is 59.5 cm³/mol. The van der Waals surface area contributed by atoms with Crippen molar-refractivity contribution in [2.75, 3.05) is 0 Å². The second-order valence-corrected chi connectivity index (χ2v) is 4.62. The molecule has 0 unspecified atom stereocenters. The van der Waals surface area contributed by atoms with Gasteiger partial charge in [-0.15, -0.1) is 0 Å². The Morgan fingerprint density at radius 3 is 1.87 bits per heavy atom. The van der Waals surface area contributed by atoms with Crippen molar-refractivity contribution >= 4 is 7.12 Å². The molecule has 1 heterocycles. The maximum atomic E-state index is 5.84. The predicted octanol–water partition coefficient (Wildman–Crippen LogP) is 2.60. The van der Waals surface area contributed by atoms with Gasteiger partial charge in [-0.2, -0.15) is 0 Å². The molecule has 83 valence electrons. The van der Waals surface area contributed by atoms with Crippen LogP contribution in [0, 0.1) is 13.8 Å². The minimum atomic E-state index is -0.282. The molecule has 0 aromatic rings. The van der Waals surface area contributed by atoms with Crippen LogP contribution in [0.15, 0.2) is 11.5 Å². The number of hydrogen-bond donors (Lipinski definition) is 0. The van der Waals surface area contributed by atoms with Gasteiger partial charge in [0.2, 0.25) is 0 Å². The van der Waals surface area contributed by atoms with Crippen LogP contribution < -0.4 is 0 Å². The van der Waals surface area contributed by atoms with Gasteiger partial charge in [0.25, 0.3) is 0 Å². The summed E-state index contributed by atoms with van der Waals surface area (Å²) in [6.07, 6.45) is 2.44. The van der Waals surface area contributed by atoms with Crippen molar-refractivity contribution in [2.24, 2.45) is 0 Å². The summed E-state index contributed by atoms with van der Waals surface area (Å²) in [5, 5.41) is 0. The van der Waals surface area contributed by atoms with Gasteiger partial charge in [0, 0.05) is 32.7 Å². The van der Waals surface area contributed by atoms with Gasteiger partial charge in [-0.1, -0.05) is 0 Å². The van der Waals surface area contributed by atoms with E-state index in [0.29, 0.717) is 6.42 Å². The Kier molecular flexibility index (Phi) is 5.60. The summed E-state index contributed by atoms with van der Waals surface area (Å²) in [5.74, 6) is 0. The quantitative estimate of drug-likeness (QED) is 0.573. The molecule has 1 fully saturated rings. The summed E-state index contributed by atoms with van der Waals surface area (Å²) in [6, 6.07) is 0. The zero-order valence-corrected chi connectivity index (χ0v) is 13.0. The number of rotatable bonds is 2. The van der Waals surface area contributed by atoms with Crippen molar-refractivity contribution in [1.29, 1.82) is 0 Å². The molecule has 0 bridgehead atoms. The van der Waals surface area contributed by atoms with Gasteiger partial charge in [-0.25, -0.2) is 24.9 Å². The molecule has 0 aromatic carbocycles. The molecule has 1 rings (SSSR count). The van der Waals surface area contributed by atoms with Crippen molar-refractivity contribution in [3.63, 3.8) is 0 Å². The summed E-state index contributed by atoms with van der Waals surface area (Å²) in [4.78, 5) is 0. The van der Waals surface area contributed by atoms with Gasteiger partial charge in [0.15, 0.2) is 0 Å². The van der Waals surface area contributed by atoms with E-state index in [1.165, 1.54) is 0 Å². The van der Waals surface area contributed by atoms with Crippen LogP contribution in [0.5, 0.6) is 0 Å². The van der Waals surface area contributed by atoms with E-state index < -0.39 is 0 Å². The molecule has 0 aromatic heterocycles. The summed E-state index contributed by atoms with van der Waals surface area (Å²) in [7, 11) is -0.282. The molecule has 1 saturated heterocycles. The Bertz CT molecular complexity index is 233. The molecule has 2 nitrogen and oxygen atoms in total. The van der Waals surface area contributed by atoms with Gasteiger partial charge in [0.05, 0.1) is 11.2 Å². The van der Waals surface area contributed by atoms with Crippen molar-refractivity contribution in [1.82, 2.24) is 0 Å². The molecule has 0 aliphatic carbocycles. The fourth-order valence-electron chi connectivity index (χ4n) is 1.31. The van der Waals surface area contributed by atoms with E-state index in [2.05, 4.69) is 13.8 Å². The van der Waals surface area contributed by atoms with E-state index in [4.69, 9.17) is 9.31 Å². The van der Waals surface area contributed by atoms with Crippen LogP contribution >= 0.6 is 0 Å². The zero-order chi connectivity index (χ0) is 11.0. The largest absolute Gasteiger partial charge is 0.414 e.